The van der Waals surface area contributed by atoms with Gasteiger partial charge in [-0.25, -0.2) is 4.98 Å². The number of thiazole rings is 1. The Bertz CT molecular complexity index is 508. The molecular weight excluding hydrogens is 263 g/mol. The van der Waals surface area contributed by atoms with Crippen molar-refractivity contribution in [2.45, 2.75) is 13.0 Å². The molecule has 16 heavy (non-hydrogen) atoms. The molecule has 2 aromatic rings. The Hall–Kier alpha value is -0.610. The number of nitrogens with two attached hydrogens (primary N) is 1. The van der Waals surface area contributed by atoms with Gasteiger partial charge in [0.25, 0.3) is 0 Å². The summed E-state index contributed by atoms with van der Waals surface area (Å²) in [6.45, 7) is 1.91. The summed E-state index contributed by atoms with van der Waals surface area (Å²) in [6.07, 6.45) is 0. The molecule has 0 spiro atoms. The molecule has 0 saturated carbocycles. The van der Waals surface area contributed by atoms with E-state index in [1.807, 2.05) is 24.4 Å². The molecule has 5 heteroatoms. The Morgan fingerprint density at radius 1 is 1.31 bits per heavy atom. The van der Waals surface area contributed by atoms with Crippen LogP contribution in [-0.2, 0) is 0 Å². The van der Waals surface area contributed by atoms with Gasteiger partial charge in [-0.05, 0) is 19.1 Å². The van der Waals surface area contributed by atoms with Crippen molar-refractivity contribution in [2.75, 3.05) is 0 Å². The monoisotopic (exact) mass is 272 g/mol. The quantitative estimate of drug-likeness (QED) is 0.893. The zero-order chi connectivity index (χ0) is 11.7. The molecule has 1 aromatic carbocycles. The van der Waals surface area contributed by atoms with Crippen LogP contribution in [0.3, 0.4) is 0 Å². The van der Waals surface area contributed by atoms with E-state index in [4.69, 9.17) is 28.9 Å². The molecule has 0 saturated heterocycles. The van der Waals surface area contributed by atoms with Gasteiger partial charge in [-0.3, -0.25) is 0 Å². The fraction of sp³-hybridized carbons (Fsp3) is 0.182. The lowest BCUT2D eigenvalue weighted by Gasteiger charge is -2.00. The van der Waals surface area contributed by atoms with Gasteiger partial charge in [-0.15, -0.1) is 11.3 Å². The molecule has 0 aliphatic heterocycles. The third-order valence-corrected chi connectivity index (χ3v) is 3.80. The average molecular weight is 273 g/mol. The van der Waals surface area contributed by atoms with Crippen LogP contribution < -0.4 is 5.73 Å². The molecule has 1 heterocycles. The number of rotatable bonds is 2. The first-order valence-corrected chi connectivity index (χ1v) is 6.38. The zero-order valence-electron chi connectivity index (χ0n) is 8.58. The van der Waals surface area contributed by atoms with E-state index >= 15 is 0 Å². The summed E-state index contributed by atoms with van der Waals surface area (Å²) >= 11 is 13.4. The van der Waals surface area contributed by atoms with Crippen LogP contribution in [0, 0.1) is 0 Å². The summed E-state index contributed by atoms with van der Waals surface area (Å²) in [5.41, 5.74) is 7.61. The fourth-order valence-electron chi connectivity index (χ4n) is 1.26. The van der Waals surface area contributed by atoms with Crippen LogP contribution in [0.15, 0.2) is 23.6 Å². The Labute approximate surface area is 108 Å². The summed E-state index contributed by atoms with van der Waals surface area (Å²) in [7, 11) is 0. The van der Waals surface area contributed by atoms with E-state index in [0.29, 0.717) is 10.0 Å². The lowest BCUT2D eigenvalue weighted by molar-refractivity contribution is 0.790. The van der Waals surface area contributed by atoms with Crippen molar-refractivity contribution < 1.29 is 0 Å². The minimum absolute atomic E-state index is 0.0484. The number of benzene rings is 1. The number of nitrogens with zero attached hydrogens (tertiary/aromatic N) is 1. The van der Waals surface area contributed by atoms with E-state index in [9.17, 15) is 0 Å². The van der Waals surface area contributed by atoms with Gasteiger partial charge in [0.1, 0.15) is 5.01 Å². The van der Waals surface area contributed by atoms with Crippen LogP contribution in [-0.4, -0.2) is 4.98 Å². The molecule has 2 N–H and O–H groups in total. The minimum atomic E-state index is -0.0484. The maximum Gasteiger partial charge on any atom is 0.123 e. The van der Waals surface area contributed by atoms with Crippen molar-refractivity contribution in [1.82, 2.24) is 4.98 Å². The minimum Gasteiger partial charge on any atom is -0.323 e. The molecule has 1 unspecified atom stereocenters. The number of halogens is 2. The van der Waals surface area contributed by atoms with Crippen molar-refractivity contribution in [2.24, 2.45) is 5.73 Å². The molecule has 1 aromatic heterocycles. The molecule has 0 aliphatic rings. The van der Waals surface area contributed by atoms with Crippen molar-refractivity contribution in [3.05, 3.63) is 39.3 Å². The van der Waals surface area contributed by atoms with Crippen molar-refractivity contribution in [3.8, 4) is 10.6 Å². The van der Waals surface area contributed by atoms with Gasteiger partial charge in [0.05, 0.1) is 15.7 Å². The molecule has 0 aliphatic carbocycles. The molecule has 0 radical (unpaired) electrons. The summed E-state index contributed by atoms with van der Waals surface area (Å²) < 4.78 is 0. The van der Waals surface area contributed by atoms with Gasteiger partial charge in [0, 0.05) is 17.0 Å². The van der Waals surface area contributed by atoms with Crippen LogP contribution in [0.25, 0.3) is 10.6 Å². The first-order chi connectivity index (χ1) is 7.58. The van der Waals surface area contributed by atoms with E-state index < -0.39 is 0 Å². The van der Waals surface area contributed by atoms with Crippen molar-refractivity contribution in [3.63, 3.8) is 0 Å². The molecule has 2 rings (SSSR count). The Kier molecular flexibility index (Phi) is 3.50. The number of hydrogen-bond acceptors (Lipinski definition) is 3. The molecule has 2 nitrogen and oxygen atoms in total. The molecule has 0 amide bonds. The summed E-state index contributed by atoms with van der Waals surface area (Å²) in [6, 6.07) is 5.44. The highest BCUT2D eigenvalue weighted by Crippen LogP contribution is 2.30. The second-order valence-corrected chi connectivity index (χ2v) is 5.17. The predicted octanol–water partition coefficient (Wildman–Crippen LogP) is 4.14. The molecule has 0 bridgehead atoms. The Morgan fingerprint density at radius 3 is 2.62 bits per heavy atom. The Balaban J connectivity index is 2.39. The maximum atomic E-state index is 5.95. The highest BCUT2D eigenvalue weighted by molar-refractivity contribution is 7.13. The second kappa shape index (κ2) is 4.72. The van der Waals surface area contributed by atoms with Crippen LogP contribution >= 0.6 is 34.5 Å². The number of hydrogen-bond donors (Lipinski definition) is 1. The largest absolute Gasteiger partial charge is 0.323 e. The molecule has 84 valence electrons. The van der Waals surface area contributed by atoms with E-state index in [2.05, 4.69) is 4.98 Å². The normalized spacial score (nSPS) is 12.8. The smallest absolute Gasteiger partial charge is 0.123 e. The third kappa shape index (κ3) is 2.38. The van der Waals surface area contributed by atoms with Crippen LogP contribution in [0.2, 0.25) is 10.0 Å². The van der Waals surface area contributed by atoms with Crippen LogP contribution in [0.5, 0.6) is 0 Å². The summed E-state index contributed by atoms with van der Waals surface area (Å²) in [4.78, 5) is 4.44. The fourth-order valence-corrected chi connectivity index (χ4v) is 2.48. The van der Waals surface area contributed by atoms with Gasteiger partial charge in [-0.1, -0.05) is 29.3 Å². The highest BCUT2D eigenvalue weighted by atomic mass is 35.5. The lowest BCUT2D eigenvalue weighted by Crippen LogP contribution is -2.04. The lowest BCUT2D eigenvalue weighted by atomic mass is 10.2. The van der Waals surface area contributed by atoms with Gasteiger partial charge >= 0.3 is 0 Å². The predicted molar refractivity (Wildman–Crippen MR) is 70.2 cm³/mol. The van der Waals surface area contributed by atoms with E-state index in [1.54, 1.807) is 17.4 Å². The van der Waals surface area contributed by atoms with Gasteiger partial charge in [0.15, 0.2) is 0 Å². The van der Waals surface area contributed by atoms with Crippen LogP contribution in [0.4, 0.5) is 0 Å². The summed E-state index contributed by atoms with van der Waals surface area (Å²) in [5, 5.41) is 3.96. The molecule has 1 atom stereocenters. The maximum absolute atomic E-state index is 5.95. The molecule has 0 fully saturated rings. The molecular formula is C11H10Cl2N2S. The van der Waals surface area contributed by atoms with E-state index in [1.165, 1.54) is 0 Å². The number of aromatic nitrogens is 1. The Morgan fingerprint density at radius 2 is 2.06 bits per heavy atom. The first kappa shape index (κ1) is 11.9. The standard InChI is InChI=1S/C11H10Cl2N2S/c1-6(14)10-5-16-11(15-10)7-2-3-8(12)9(13)4-7/h2-6H,14H2,1H3. The van der Waals surface area contributed by atoms with E-state index in [-0.39, 0.29) is 6.04 Å². The van der Waals surface area contributed by atoms with Crippen LogP contribution in [0.1, 0.15) is 18.7 Å². The zero-order valence-corrected chi connectivity index (χ0v) is 10.9. The van der Waals surface area contributed by atoms with Crippen molar-refractivity contribution >= 4 is 34.5 Å². The van der Waals surface area contributed by atoms with Gasteiger partial charge in [0.2, 0.25) is 0 Å². The topological polar surface area (TPSA) is 38.9 Å². The highest BCUT2D eigenvalue weighted by Gasteiger charge is 2.08. The average Bonchev–Trinajstić information content (AvgIpc) is 2.71. The SMILES string of the molecule is CC(N)c1csc(-c2ccc(Cl)c(Cl)c2)n1. The summed E-state index contributed by atoms with van der Waals surface area (Å²) in [5.74, 6) is 0. The third-order valence-electron chi connectivity index (χ3n) is 2.16. The van der Waals surface area contributed by atoms with Gasteiger partial charge in [-0.2, -0.15) is 0 Å². The van der Waals surface area contributed by atoms with E-state index in [0.717, 1.165) is 16.3 Å². The van der Waals surface area contributed by atoms with Crippen molar-refractivity contribution in [1.29, 1.82) is 0 Å². The first-order valence-electron chi connectivity index (χ1n) is 4.74. The second-order valence-electron chi connectivity index (χ2n) is 3.50. The van der Waals surface area contributed by atoms with Gasteiger partial charge < -0.3 is 5.73 Å².